The summed E-state index contributed by atoms with van der Waals surface area (Å²) in [6, 6.07) is 0. The molecular formula is C11H23N3O. The summed E-state index contributed by atoms with van der Waals surface area (Å²) < 4.78 is 0. The lowest BCUT2D eigenvalue weighted by Gasteiger charge is -2.22. The lowest BCUT2D eigenvalue weighted by Crippen LogP contribution is -2.36. The molecule has 0 fully saturated rings. The van der Waals surface area contributed by atoms with Gasteiger partial charge in [0.15, 0.2) is 5.96 Å². The Kier molecular flexibility index (Phi) is 6.01. The Morgan fingerprint density at radius 3 is 2.40 bits per heavy atom. The molecule has 0 bridgehead atoms. The Hall–Kier alpha value is -1.03. The van der Waals surface area contributed by atoms with Crippen LogP contribution in [0.4, 0.5) is 0 Å². The summed E-state index contributed by atoms with van der Waals surface area (Å²) in [4.78, 5) is 4.10. The van der Waals surface area contributed by atoms with Gasteiger partial charge in [0.05, 0.1) is 12.1 Å². The highest BCUT2D eigenvalue weighted by molar-refractivity contribution is 5.78. The lowest BCUT2D eigenvalue weighted by molar-refractivity contribution is 0.0418. The van der Waals surface area contributed by atoms with Crippen molar-refractivity contribution in [3.05, 3.63) is 12.2 Å². The molecular weight excluding hydrogens is 190 g/mol. The quantitative estimate of drug-likeness (QED) is 0.350. The zero-order valence-corrected chi connectivity index (χ0v) is 10.0. The monoisotopic (exact) mass is 213 g/mol. The number of hydrogen-bond acceptors (Lipinski definition) is 2. The fourth-order valence-electron chi connectivity index (χ4n) is 1.00. The smallest absolute Gasteiger partial charge is 0.188 e. The second kappa shape index (κ2) is 6.45. The number of nitrogens with one attached hydrogen (secondary N) is 1. The summed E-state index contributed by atoms with van der Waals surface area (Å²) in [6.07, 6.45) is 1.36. The molecule has 4 nitrogen and oxygen atoms in total. The molecule has 0 saturated heterocycles. The van der Waals surface area contributed by atoms with Crippen LogP contribution >= 0.6 is 0 Å². The van der Waals surface area contributed by atoms with E-state index in [0.29, 0.717) is 31.9 Å². The van der Waals surface area contributed by atoms with Crippen LogP contribution in [-0.4, -0.2) is 29.8 Å². The SMILES string of the molecule is C=C(C)CNC(N)=NCC(O)(CC)CC. The van der Waals surface area contributed by atoms with Crippen LogP contribution in [-0.2, 0) is 0 Å². The first kappa shape index (κ1) is 14.0. The van der Waals surface area contributed by atoms with Gasteiger partial charge in [-0.2, -0.15) is 0 Å². The van der Waals surface area contributed by atoms with Gasteiger partial charge in [0, 0.05) is 6.54 Å². The van der Waals surface area contributed by atoms with Crippen molar-refractivity contribution in [2.24, 2.45) is 10.7 Å². The summed E-state index contributed by atoms with van der Waals surface area (Å²) in [5.74, 6) is 0.360. The van der Waals surface area contributed by atoms with Gasteiger partial charge < -0.3 is 16.2 Å². The highest BCUT2D eigenvalue weighted by atomic mass is 16.3. The molecule has 0 atom stereocenters. The zero-order chi connectivity index (χ0) is 11.9. The van der Waals surface area contributed by atoms with Gasteiger partial charge in [-0.05, 0) is 19.8 Å². The van der Waals surface area contributed by atoms with Crippen LogP contribution in [0.3, 0.4) is 0 Å². The fraction of sp³-hybridized carbons (Fsp3) is 0.727. The average molecular weight is 213 g/mol. The van der Waals surface area contributed by atoms with Gasteiger partial charge >= 0.3 is 0 Å². The summed E-state index contributed by atoms with van der Waals surface area (Å²) >= 11 is 0. The maximum Gasteiger partial charge on any atom is 0.188 e. The molecule has 0 heterocycles. The predicted molar refractivity (Wildman–Crippen MR) is 64.8 cm³/mol. The summed E-state index contributed by atoms with van der Waals surface area (Å²) in [5, 5.41) is 12.9. The third kappa shape index (κ3) is 6.12. The molecule has 0 spiro atoms. The summed E-state index contributed by atoms with van der Waals surface area (Å²) in [7, 11) is 0. The van der Waals surface area contributed by atoms with Crippen LogP contribution in [0.1, 0.15) is 33.6 Å². The van der Waals surface area contributed by atoms with Crippen LogP contribution < -0.4 is 11.1 Å². The van der Waals surface area contributed by atoms with E-state index >= 15 is 0 Å². The maximum atomic E-state index is 9.95. The van der Waals surface area contributed by atoms with E-state index in [-0.39, 0.29) is 0 Å². The van der Waals surface area contributed by atoms with Gasteiger partial charge in [0.25, 0.3) is 0 Å². The van der Waals surface area contributed by atoms with E-state index in [1.54, 1.807) is 0 Å². The van der Waals surface area contributed by atoms with Gasteiger partial charge in [0.2, 0.25) is 0 Å². The molecule has 0 aromatic heterocycles. The number of aliphatic imine (C=N–C) groups is 1. The van der Waals surface area contributed by atoms with Crippen molar-refractivity contribution >= 4 is 5.96 Å². The topological polar surface area (TPSA) is 70.6 Å². The van der Waals surface area contributed by atoms with Crippen molar-refractivity contribution in [1.82, 2.24) is 5.32 Å². The molecule has 4 heteroatoms. The van der Waals surface area contributed by atoms with E-state index in [0.717, 1.165) is 5.57 Å². The summed E-state index contributed by atoms with van der Waals surface area (Å²) in [6.45, 7) is 10.5. The molecule has 0 rings (SSSR count). The fourth-order valence-corrected chi connectivity index (χ4v) is 1.00. The molecule has 88 valence electrons. The van der Waals surface area contributed by atoms with Crippen molar-refractivity contribution < 1.29 is 5.11 Å². The largest absolute Gasteiger partial charge is 0.388 e. The van der Waals surface area contributed by atoms with Crippen LogP contribution in [0.5, 0.6) is 0 Å². The van der Waals surface area contributed by atoms with Crippen molar-refractivity contribution in [2.75, 3.05) is 13.1 Å². The molecule has 0 aliphatic carbocycles. The molecule has 0 radical (unpaired) electrons. The van der Waals surface area contributed by atoms with Crippen LogP contribution in [0.15, 0.2) is 17.1 Å². The number of rotatable bonds is 6. The van der Waals surface area contributed by atoms with E-state index in [9.17, 15) is 5.11 Å². The first-order valence-electron chi connectivity index (χ1n) is 5.34. The van der Waals surface area contributed by atoms with E-state index in [2.05, 4.69) is 16.9 Å². The number of aliphatic hydroxyl groups is 1. The van der Waals surface area contributed by atoms with Crippen molar-refractivity contribution in [1.29, 1.82) is 0 Å². The minimum Gasteiger partial charge on any atom is -0.388 e. The molecule has 0 aromatic carbocycles. The van der Waals surface area contributed by atoms with Crippen LogP contribution in [0.25, 0.3) is 0 Å². The highest BCUT2D eigenvalue weighted by Crippen LogP contribution is 2.14. The Morgan fingerprint density at radius 1 is 1.47 bits per heavy atom. The van der Waals surface area contributed by atoms with Crippen molar-refractivity contribution in [2.45, 2.75) is 39.2 Å². The van der Waals surface area contributed by atoms with E-state index in [4.69, 9.17) is 5.73 Å². The highest BCUT2D eigenvalue weighted by Gasteiger charge is 2.21. The lowest BCUT2D eigenvalue weighted by atomic mass is 9.98. The van der Waals surface area contributed by atoms with Gasteiger partial charge in [-0.3, -0.25) is 4.99 Å². The maximum absolute atomic E-state index is 9.95. The normalized spacial score (nSPS) is 12.7. The molecule has 0 aliphatic heterocycles. The van der Waals surface area contributed by atoms with Gasteiger partial charge in [-0.15, -0.1) is 0 Å². The first-order chi connectivity index (χ1) is 6.93. The average Bonchev–Trinajstić information content (AvgIpc) is 2.23. The number of nitrogens with two attached hydrogens (primary N) is 1. The van der Waals surface area contributed by atoms with Crippen LogP contribution in [0.2, 0.25) is 0 Å². The minimum atomic E-state index is -0.727. The van der Waals surface area contributed by atoms with E-state index in [1.807, 2.05) is 20.8 Å². The number of nitrogens with zero attached hydrogens (tertiary/aromatic N) is 1. The van der Waals surface area contributed by atoms with E-state index in [1.165, 1.54) is 0 Å². The Balaban J connectivity index is 4.08. The molecule has 0 unspecified atom stereocenters. The van der Waals surface area contributed by atoms with Crippen LogP contribution in [0, 0.1) is 0 Å². The van der Waals surface area contributed by atoms with Gasteiger partial charge in [0.1, 0.15) is 0 Å². The molecule has 4 N–H and O–H groups in total. The zero-order valence-electron chi connectivity index (χ0n) is 10.0. The molecule has 15 heavy (non-hydrogen) atoms. The third-order valence-electron chi connectivity index (χ3n) is 2.43. The molecule has 0 amide bonds. The molecule has 0 aromatic rings. The Bertz CT molecular complexity index is 232. The number of guanidine groups is 1. The standard InChI is InChI=1S/C11H23N3O/c1-5-11(15,6-2)8-14-10(12)13-7-9(3)4/h15H,3,5-8H2,1-2,4H3,(H3,12,13,14). The Labute approximate surface area is 92.3 Å². The predicted octanol–water partition coefficient (Wildman–Crippen LogP) is 1.02. The van der Waals surface area contributed by atoms with Crippen molar-refractivity contribution in [3.8, 4) is 0 Å². The minimum absolute atomic E-state index is 0.342. The second-order valence-corrected chi connectivity index (χ2v) is 3.94. The Morgan fingerprint density at radius 2 is 2.00 bits per heavy atom. The molecule has 0 saturated carbocycles. The number of hydrogen-bond donors (Lipinski definition) is 3. The third-order valence-corrected chi connectivity index (χ3v) is 2.43. The molecule has 0 aliphatic rings. The first-order valence-corrected chi connectivity index (χ1v) is 5.34. The van der Waals surface area contributed by atoms with Gasteiger partial charge in [-0.1, -0.05) is 26.0 Å². The van der Waals surface area contributed by atoms with Crippen molar-refractivity contribution in [3.63, 3.8) is 0 Å². The summed E-state index contributed by atoms with van der Waals surface area (Å²) in [5.41, 5.74) is 5.89. The van der Waals surface area contributed by atoms with Gasteiger partial charge in [-0.25, -0.2) is 0 Å². The van der Waals surface area contributed by atoms with E-state index < -0.39 is 5.60 Å². The second-order valence-electron chi connectivity index (χ2n) is 3.94.